The summed E-state index contributed by atoms with van der Waals surface area (Å²) in [5.41, 5.74) is 1.32. The Morgan fingerprint density at radius 1 is 1.19 bits per heavy atom. The normalized spacial score (nSPS) is 26.1. The Hall–Kier alpha value is -0.430. The van der Waals surface area contributed by atoms with Crippen LogP contribution in [0.4, 0.5) is 0 Å². The highest BCUT2D eigenvalue weighted by Gasteiger charge is 2.40. The Bertz CT molecular complexity index is 530. The fourth-order valence-corrected chi connectivity index (χ4v) is 4.65. The van der Waals surface area contributed by atoms with E-state index in [2.05, 4.69) is 21.3 Å². The minimum Gasteiger partial charge on any atom is -0.375 e. The van der Waals surface area contributed by atoms with Crippen LogP contribution in [-0.2, 0) is 16.1 Å². The summed E-state index contributed by atoms with van der Waals surface area (Å²) in [6.45, 7) is 6.16. The van der Waals surface area contributed by atoms with Crippen molar-refractivity contribution < 1.29 is 9.47 Å². The molecule has 0 bridgehead atoms. The van der Waals surface area contributed by atoms with Gasteiger partial charge in [0.1, 0.15) is 0 Å². The van der Waals surface area contributed by atoms with Crippen molar-refractivity contribution in [2.45, 2.75) is 62.9 Å². The number of hydrogen-bond donors (Lipinski definition) is 1. The molecule has 0 aromatic carbocycles. The molecule has 1 aromatic heterocycles. The van der Waals surface area contributed by atoms with Crippen LogP contribution >= 0.6 is 24.8 Å². The first kappa shape index (κ1) is 22.9. The Morgan fingerprint density at radius 2 is 1.96 bits per heavy atom. The SMILES string of the molecule is Cl.Cl.c1cncc(COC2CCN(C3CCOC4(CCNCC4)C3)CC2)c1. The fourth-order valence-electron chi connectivity index (χ4n) is 4.65. The van der Waals surface area contributed by atoms with Crippen LogP contribution in [-0.4, -0.2) is 60.4 Å². The van der Waals surface area contributed by atoms with Crippen LogP contribution in [0.3, 0.4) is 0 Å². The second kappa shape index (κ2) is 10.9. The maximum Gasteiger partial charge on any atom is 0.0735 e. The van der Waals surface area contributed by atoms with Gasteiger partial charge in [0.15, 0.2) is 0 Å². The average Bonchev–Trinajstić information content (AvgIpc) is 2.68. The molecule has 1 unspecified atom stereocenters. The molecule has 1 atom stereocenters. The van der Waals surface area contributed by atoms with Gasteiger partial charge in [-0.1, -0.05) is 6.07 Å². The van der Waals surface area contributed by atoms with Gasteiger partial charge < -0.3 is 14.8 Å². The molecule has 0 amide bonds. The summed E-state index contributed by atoms with van der Waals surface area (Å²) in [6.07, 6.45) is 11.2. The van der Waals surface area contributed by atoms with E-state index in [4.69, 9.17) is 9.47 Å². The minimum absolute atomic E-state index is 0. The highest BCUT2D eigenvalue weighted by molar-refractivity contribution is 5.85. The summed E-state index contributed by atoms with van der Waals surface area (Å²) in [6, 6.07) is 4.76. The van der Waals surface area contributed by atoms with E-state index < -0.39 is 0 Å². The molecule has 154 valence electrons. The van der Waals surface area contributed by atoms with Crippen molar-refractivity contribution in [3.05, 3.63) is 30.1 Å². The average molecular weight is 418 g/mol. The molecule has 3 saturated heterocycles. The van der Waals surface area contributed by atoms with Gasteiger partial charge in [0, 0.05) is 38.1 Å². The summed E-state index contributed by atoms with van der Waals surface area (Å²) < 4.78 is 12.4. The molecule has 27 heavy (non-hydrogen) atoms. The van der Waals surface area contributed by atoms with Gasteiger partial charge in [-0.25, -0.2) is 0 Å². The van der Waals surface area contributed by atoms with Gasteiger partial charge in [0.2, 0.25) is 0 Å². The van der Waals surface area contributed by atoms with Gasteiger partial charge in [-0.3, -0.25) is 9.88 Å². The van der Waals surface area contributed by atoms with Crippen LogP contribution in [0.2, 0.25) is 0 Å². The van der Waals surface area contributed by atoms with Crippen LogP contribution in [0.25, 0.3) is 0 Å². The zero-order valence-electron chi connectivity index (χ0n) is 16.0. The van der Waals surface area contributed by atoms with Crippen LogP contribution < -0.4 is 5.32 Å². The van der Waals surface area contributed by atoms with Gasteiger partial charge in [-0.15, -0.1) is 24.8 Å². The van der Waals surface area contributed by atoms with Crippen molar-refractivity contribution in [3.63, 3.8) is 0 Å². The number of hydrogen-bond acceptors (Lipinski definition) is 5. The molecule has 0 saturated carbocycles. The zero-order chi connectivity index (χ0) is 17.0. The predicted octanol–water partition coefficient (Wildman–Crippen LogP) is 3.21. The molecule has 1 aromatic rings. The van der Waals surface area contributed by atoms with E-state index in [9.17, 15) is 0 Å². The Kier molecular flexibility index (Phi) is 9.26. The number of nitrogens with zero attached hydrogens (tertiary/aromatic N) is 2. The Morgan fingerprint density at radius 3 is 2.67 bits per heavy atom. The summed E-state index contributed by atoms with van der Waals surface area (Å²) in [5.74, 6) is 0. The lowest BCUT2D eigenvalue weighted by molar-refractivity contribution is -0.126. The van der Waals surface area contributed by atoms with Gasteiger partial charge in [-0.2, -0.15) is 0 Å². The number of rotatable bonds is 4. The number of piperidine rings is 2. The van der Waals surface area contributed by atoms with Gasteiger partial charge in [0.05, 0.1) is 18.3 Å². The largest absolute Gasteiger partial charge is 0.375 e. The van der Waals surface area contributed by atoms with Gasteiger partial charge >= 0.3 is 0 Å². The van der Waals surface area contributed by atoms with Gasteiger partial charge in [0.25, 0.3) is 0 Å². The van der Waals surface area contributed by atoms with Crippen LogP contribution in [0.5, 0.6) is 0 Å². The maximum absolute atomic E-state index is 6.24. The Balaban J connectivity index is 0.00000131. The lowest BCUT2D eigenvalue weighted by Crippen LogP contribution is -2.54. The monoisotopic (exact) mass is 417 g/mol. The van der Waals surface area contributed by atoms with E-state index in [0.29, 0.717) is 18.8 Å². The number of aromatic nitrogens is 1. The summed E-state index contributed by atoms with van der Waals surface area (Å²) in [7, 11) is 0. The highest BCUT2D eigenvalue weighted by Crippen LogP contribution is 2.36. The smallest absolute Gasteiger partial charge is 0.0735 e. The molecule has 4 heterocycles. The minimum atomic E-state index is 0. The molecular weight excluding hydrogens is 385 g/mol. The summed E-state index contributed by atoms with van der Waals surface area (Å²) in [5, 5.41) is 3.47. The van der Waals surface area contributed by atoms with E-state index >= 15 is 0 Å². The van der Waals surface area contributed by atoms with E-state index in [-0.39, 0.29) is 30.4 Å². The topological polar surface area (TPSA) is 46.6 Å². The van der Waals surface area contributed by atoms with Crippen molar-refractivity contribution >= 4 is 24.8 Å². The third kappa shape index (κ3) is 6.02. The molecule has 7 heteroatoms. The molecule has 3 fully saturated rings. The van der Waals surface area contributed by atoms with Gasteiger partial charge in [-0.05, 0) is 63.2 Å². The number of pyridine rings is 1. The lowest BCUT2D eigenvalue weighted by Gasteiger charge is -2.48. The quantitative estimate of drug-likeness (QED) is 0.814. The number of halogens is 2. The van der Waals surface area contributed by atoms with Crippen LogP contribution in [0.15, 0.2) is 24.5 Å². The van der Waals surface area contributed by atoms with E-state index in [0.717, 1.165) is 45.6 Å². The maximum atomic E-state index is 6.24. The van der Waals surface area contributed by atoms with Crippen molar-refractivity contribution in [3.8, 4) is 0 Å². The molecule has 1 N–H and O–H groups in total. The third-order valence-corrected chi connectivity index (χ3v) is 6.18. The second-order valence-corrected chi connectivity index (χ2v) is 7.84. The van der Waals surface area contributed by atoms with Crippen LogP contribution in [0, 0.1) is 0 Å². The van der Waals surface area contributed by atoms with E-state index in [1.807, 2.05) is 18.5 Å². The first-order chi connectivity index (χ1) is 12.3. The lowest BCUT2D eigenvalue weighted by atomic mass is 9.82. The van der Waals surface area contributed by atoms with Crippen molar-refractivity contribution in [2.24, 2.45) is 0 Å². The summed E-state index contributed by atoms with van der Waals surface area (Å²) >= 11 is 0. The molecule has 0 aliphatic carbocycles. The molecule has 0 radical (unpaired) electrons. The molecule has 4 rings (SSSR count). The number of ether oxygens (including phenoxy) is 2. The molecule has 5 nitrogen and oxygen atoms in total. The zero-order valence-corrected chi connectivity index (χ0v) is 17.6. The van der Waals surface area contributed by atoms with Crippen LogP contribution in [0.1, 0.15) is 44.1 Å². The standard InChI is InChI=1S/C20H31N3O2.2ClH/c1-2-17(15-22-8-1)16-24-19-3-11-23(12-4-19)18-5-13-25-20(14-18)6-9-21-10-7-20;;/h1-2,8,15,18-19,21H,3-7,9-14,16H2;2*1H. The predicted molar refractivity (Wildman–Crippen MR) is 112 cm³/mol. The molecular formula is C20H33Cl2N3O2. The van der Waals surface area contributed by atoms with E-state index in [1.54, 1.807) is 0 Å². The Labute approximate surface area is 175 Å². The highest BCUT2D eigenvalue weighted by atomic mass is 35.5. The second-order valence-electron chi connectivity index (χ2n) is 7.84. The molecule has 3 aliphatic heterocycles. The number of nitrogens with one attached hydrogen (secondary N) is 1. The molecule has 3 aliphatic rings. The first-order valence-corrected chi connectivity index (χ1v) is 9.92. The fraction of sp³-hybridized carbons (Fsp3) is 0.750. The number of likely N-dealkylation sites (tertiary alicyclic amines) is 1. The first-order valence-electron chi connectivity index (χ1n) is 9.92. The van der Waals surface area contributed by atoms with E-state index in [1.165, 1.54) is 31.2 Å². The van der Waals surface area contributed by atoms with Crippen molar-refractivity contribution in [1.82, 2.24) is 15.2 Å². The summed E-state index contributed by atoms with van der Waals surface area (Å²) in [4.78, 5) is 6.86. The third-order valence-electron chi connectivity index (χ3n) is 6.18. The molecule has 1 spiro atoms. The van der Waals surface area contributed by atoms with Crippen molar-refractivity contribution in [1.29, 1.82) is 0 Å². The van der Waals surface area contributed by atoms with Crippen molar-refractivity contribution in [2.75, 3.05) is 32.8 Å².